The van der Waals surface area contributed by atoms with Crippen LogP contribution in [0.5, 0.6) is 11.5 Å². The molecule has 1 aliphatic rings. The van der Waals surface area contributed by atoms with Crippen LogP contribution in [0.15, 0.2) is 66.2 Å². The minimum atomic E-state index is -0.799. The molecule has 4 rings (SSSR count). The lowest BCUT2D eigenvalue weighted by molar-refractivity contribution is -0.122. The minimum Gasteiger partial charge on any atom is -0.490 e. The lowest BCUT2D eigenvalue weighted by Gasteiger charge is -2.27. The van der Waals surface area contributed by atoms with Crippen LogP contribution in [0.3, 0.4) is 0 Å². The number of amides is 4. The minimum absolute atomic E-state index is 0.131. The number of barbiturate groups is 1. The van der Waals surface area contributed by atoms with Crippen molar-refractivity contribution in [3.05, 3.63) is 94.3 Å². The third kappa shape index (κ3) is 5.27. The van der Waals surface area contributed by atoms with Gasteiger partial charge in [0.25, 0.3) is 11.8 Å². The molecule has 7 nitrogen and oxygen atoms in total. The van der Waals surface area contributed by atoms with Gasteiger partial charge in [-0.05, 0) is 79.4 Å². The fraction of sp³-hybridized carbons (Fsp3) is 0.179. The zero-order valence-corrected chi connectivity index (χ0v) is 20.1. The molecule has 1 N–H and O–H groups in total. The number of carbonyl (C=O) groups excluding carboxylic acids is 3. The van der Waals surface area contributed by atoms with E-state index in [9.17, 15) is 18.8 Å². The van der Waals surface area contributed by atoms with Crippen molar-refractivity contribution in [3.63, 3.8) is 0 Å². The summed E-state index contributed by atoms with van der Waals surface area (Å²) in [5, 5.41) is 2.24. The number of ether oxygens (including phenoxy) is 2. The SMILES string of the molecule is CCOc1cc(/C=C2\C(=O)NC(=O)N(c3cc(C)ccc3C)C2=O)ccc1OCc1cccc(F)c1. The average molecular weight is 489 g/mol. The molecule has 1 aliphatic heterocycles. The van der Waals surface area contributed by atoms with Crippen molar-refractivity contribution in [1.29, 1.82) is 0 Å². The van der Waals surface area contributed by atoms with Gasteiger partial charge in [-0.25, -0.2) is 14.1 Å². The highest BCUT2D eigenvalue weighted by Gasteiger charge is 2.37. The monoisotopic (exact) mass is 488 g/mol. The molecular formula is C28H25FN2O5. The highest BCUT2D eigenvalue weighted by atomic mass is 19.1. The van der Waals surface area contributed by atoms with Crippen LogP contribution in [0.2, 0.25) is 0 Å². The predicted octanol–water partition coefficient (Wildman–Crippen LogP) is 5.09. The summed E-state index contributed by atoms with van der Waals surface area (Å²) in [6.45, 7) is 5.93. The quantitative estimate of drug-likeness (QED) is 0.370. The molecule has 1 fully saturated rings. The van der Waals surface area contributed by atoms with Gasteiger partial charge in [0.1, 0.15) is 18.0 Å². The fourth-order valence-corrected chi connectivity index (χ4v) is 3.79. The average Bonchev–Trinajstić information content (AvgIpc) is 2.83. The highest BCUT2D eigenvalue weighted by molar-refractivity contribution is 6.39. The number of benzene rings is 3. The van der Waals surface area contributed by atoms with Gasteiger partial charge in [0.15, 0.2) is 11.5 Å². The van der Waals surface area contributed by atoms with E-state index in [2.05, 4.69) is 5.32 Å². The van der Waals surface area contributed by atoms with Gasteiger partial charge < -0.3 is 9.47 Å². The molecule has 184 valence electrons. The van der Waals surface area contributed by atoms with Crippen molar-refractivity contribution in [2.24, 2.45) is 0 Å². The normalized spacial score (nSPS) is 14.7. The molecule has 0 spiro atoms. The molecule has 0 saturated carbocycles. The third-order valence-corrected chi connectivity index (χ3v) is 5.57. The Bertz CT molecular complexity index is 1380. The van der Waals surface area contributed by atoms with Crippen molar-refractivity contribution in [3.8, 4) is 11.5 Å². The number of halogens is 1. The zero-order chi connectivity index (χ0) is 25.8. The number of hydrogen-bond donors (Lipinski definition) is 1. The van der Waals surface area contributed by atoms with Gasteiger partial charge in [0.2, 0.25) is 0 Å². The van der Waals surface area contributed by atoms with E-state index in [-0.39, 0.29) is 18.0 Å². The maximum absolute atomic E-state index is 13.5. The Morgan fingerprint density at radius 1 is 0.944 bits per heavy atom. The van der Waals surface area contributed by atoms with Crippen molar-refractivity contribution >= 4 is 29.6 Å². The summed E-state index contributed by atoms with van der Waals surface area (Å²) in [5.41, 5.74) is 2.97. The van der Waals surface area contributed by atoms with E-state index in [4.69, 9.17) is 9.47 Å². The number of imide groups is 2. The standard InChI is InChI=1S/C28H25FN2O5/c1-4-35-25-15-19(10-11-24(25)36-16-20-6-5-7-21(29)13-20)14-22-26(32)30-28(34)31(27(22)33)23-12-17(2)8-9-18(23)3/h5-15H,4,16H2,1-3H3,(H,30,32,34)/b22-14+. The number of hydrogen-bond acceptors (Lipinski definition) is 5. The third-order valence-electron chi connectivity index (χ3n) is 5.57. The maximum atomic E-state index is 13.5. The summed E-state index contributed by atoms with van der Waals surface area (Å²) < 4.78 is 25.0. The van der Waals surface area contributed by atoms with E-state index < -0.39 is 17.8 Å². The number of nitrogens with one attached hydrogen (secondary N) is 1. The molecule has 0 aromatic heterocycles. The molecule has 0 unspecified atom stereocenters. The van der Waals surface area contributed by atoms with Gasteiger partial charge in [-0.1, -0.05) is 30.3 Å². The van der Waals surface area contributed by atoms with Gasteiger partial charge in [-0.15, -0.1) is 0 Å². The lowest BCUT2D eigenvalue weighted by Crippen LogP contribution is -2.54. The van der Waals surface area contributed by atoms with Gasteiger partial charge in [0, 0.05) is 0 Å². The van der Waals surface area contributed by atoms with Crippen LogP contribution >= 0.6 is 0 Å². The lowest BCUT2D eigenvalue weighted by atomic mass is 10.0. The number of nitrogens with zero attached hydrogens (tertiary/aromatic N) is 1. The van der Waals surface area contributed by atoms with Crippen LogP contribution in [-0.2, 0) is 16.2 Å². The molecule has 1 heterocycles. The van der Waals surface area contributed by atoms with E-state index in [1.807, 2.05) is 26.0 Å². The fourth-order valence-electron chi connectivity index (χ4n) is 3.79. The van der Waals surface area contributed by atoms with E-state index in [1.54, 1.807) is 43.3 Å². The van der Waals surface area contributed by atoms with E-state index in [1.165, 1.54) is 18.2 Å². The van der Waals surface area contributed by atoms with E-state index in [0.29, 0.717) is 34.9 Å². The van der Waals surface area contributed by atoms with Gasteiger partial charge in [-0.2, -0.15) is 0 Å². The molecule has 8 heteroatoms. The Balaban J connectivity index is 1.63. The molecule has 3 aromatic carbocycles. The molecule has 3 aromatic rings. The Labute approximate surface area is 208 Å². The molecule has 36 heavy (non-hydrogen) atoms. The first kappa shape index (κ1) is 24.7. The van der Waals surface area contributed by atoms with Crippen LogP contribution in [-0.4, -0.2) is 24.5 Å². The second kappa shape index (κ2) is 10.4. The number of anilines is 1. The second-order valence-corrected chi connectivity index (χ2v) is 8.31. The van der Waals surface area contributed by atoms with Gasteiger partial charge in [0.05, 0.1) is 12.3 Å². The number of aryl methyl sites for hydroxylation is 2. The summed E-state index contributed by atoms with van der Waals surface area (Å²) in [7, 11) is 0. The zero-order valence-electron chi connectivity index (χ0n) is 20.1. The van der Waals surface area contributed by atoms with Crippen LogP contribution in [0.4, 0.5) is 14.9 Å². The Morgan fingerprint density at radius 2 is 1.75 bits per heavy atom. The Hall–Kier alpha value is -4.46. The maximum Gasteiger partial charge on any atom is 0.335 e. The van der Waals surface area contributed by atoms with Crippen LogP contribution in [0.1, 0.15) is 29.2 Å². The smallest absolute Gasteiger partial charge is 0.335 e. The van der Waals surface area contributed by atoms with E-state index >= 15 is 0 Å². The number of urea groups is 1. The van der Waals surface area contributed by atoms with Crippen LogP contribution < -0.4 is 19.7 Å². The summed E-state index contributed by atoms with van der Waals surface area (Å²) >= 11 is 0. The number of carbonyl (C=O) groups is 3. The Morgan fingerprint density at radius 3 is 2.50 bits per heavy atom. The van der Waals surface area contributed by atoms with Crippen molar-refractivity contribution in [1.82, 2.24) is 5.32 Å². The molecule has 0 aliphatic carbocycles. The van der Waals surface area contributed by atoms with E-state index in [0.717, 1.165) is 16.0 Å². The first-order valence-electron chi connectivity index (χ1n) is 11.4. The van der Waals surface area contributed by atoms with Crippen molar-refractivity contribution in [2.75, 3.05) is 11.5 Å². The molecule has 0 radical (unpaired) electrons. The summed E-state index contributed by atoms with van der Waals surface area (Å²) in [5.74, 6) is -1.03. The first-order valence-corrected chi connectivity index (χ1v) is 11.4. The van der Waals surface area contributed by atoms with Crippen molar-refractivity contribution in [2.45, 2.75) is 27.4 Å². The second-order valence-electron chi connectivity index (χ2n) is 8.31. The molecule has 1 saturated heterocycles. The molecular weight excluding hydrogens is 463 g/mol. The first-order chi connectivity index (χ1) is 17.3. The van der Waals surface area contributed by atoms with Crippen LogP contribution in [0, 0.1) is 19.7 Å². The topological polar surface area (TPSA) is 84.9 Å². The molecule has 0 atom stereocenters. The Kier molecular flexibility index (Phi) is 7.15. The van der Waals surface area contributed by atoms with Crippen molar-refractivity contribution < 1.29 is 28.2 Å². The van der Waals surface area contributed by atoms with Gasteiger partial charge in [-0.3, -0.25) is 14.9 Å². The van der Waals surface area contributed by atoms with Gasteiger partial charge >= 0.3 is 6.03 Å². The predicted molar refractivity (Wildman–Crippen MR) is 133 cm³/mol. The summed E-state index contributed by atoms with van der Waals surface area (Å²) in [6.07, 6.45) is 1.40. The largest absolute Gasteiger partial charge is 0.490 e. The van der Waals surface area contributed by atoms with Crippen LogP contribution in [0.25, 0.3) is 6.08 Å². The number of rotatable bonds is 7. The molecule has 4 amide bonds. The highest BCUT2D eigenvalue weighted by Crippen LogP contribution is 2.31. The summed E-state index contributed by atoms with van der Waals surface area (Å²) in [6, 6.07) is 15.6. The molecule has 0 bridgehead atoms. The summed E-state index contributed by atoms with van der Waals surface area (Å²) in [4.78, 5) is 39.4.